The van der Waals surface area contributed by atoms with Gasteiger partial charge >= 0.3 is 0 Å². The predicted octanol–water partition coefficient (Wildman–Crippen LogP) is 4.62. The zero-order valence-corrected chi connectivity index (χ0v) is 24.5. The van der Waals surface area contributed by atoms with E-state index in [0.29, 0.717) is 30.0 Å². The van der Waals surface area contributed by atoms with Crippen molar-refractivity contribution in [2.24, 2.45) is 5.92 Å². The summed E-state index contributed by atoms with van der Waals surface area (Å²) in [6, 6.07) is 9.28. The number of benzene rings is 1. The molecule has 3 atom stereocenters. The van der Waals surface area contributed by atoms with Gasteiger partial charge in [-0.25, -0.2) is 4.98 Å². The van der Waals surface area contributed by atoms with Crippen molar-refractivity contribution in [2.75, 3.05) is 31.1 Å². The largest absolute Gasteiger partial charge is 0.485 e. The second-order valence-corrected chi connectivity index (χ2v) is 12.1. The molecular weight excluding hydrogens is 504 g/mol. The fourth-order valence-electron chi connectivity index (χ4n) is 6.73. The molecule has 3 aliphatic rings. The Bertz CT molecular complexity index is 1360. The van der Waals surface area contributed by atoms with Gasteiger partial charge in [-0.2, -0.15) is 9.50 Å². The number of amides is 1. The molecule has 214 valence electrons. The average molecular weight is 547 g/mol. The summed E-state index contributed by atoms with van der Waals surface area (Å²) in [7, 11) is 0. The van der Waals surface area contributed by atoms with E-state index in [0.717, 1.165) is 68.9 Å². The maximum absolute atomic E-state index is 13.2. The highest BCUT2D eigenvalue weighted by molar-refractivity contribution is 5.79. The number of hydrogen-bond acceptors (Lipinski definition) is 7. The Morgan fingerprint density at radius 3 is 2.48 bits per heavy atom. The summed E-state index contributed by atoms with van der Waals surface area (Å²) >= 11 is 0. The van der Waals surface area contributed by atoms with Gasteiger partial charge in [0.1, 0.15) is 11.9 Å². The fourth-order valence-corrected chi connectivity index (χ4v) is 6.73. The van der Waals surface area contributed by atoms with Crippen molar-refractivity contribution in [1.82, 2.24) is 24.5 Å². The molecule has 2 saturated heterocycles. The van der Waals surface area contributed by atoms with E-state index >= 15 is 0 Å². The molecule has 3 aromatic rings. The van der Waals surface area contributed by atoms with Crippen LogP contribution < -0.4 is 9.64 Å². The predicted molar refractivity (Wildman–Crippen MR) is 154 cm³/mol. The Labute approximate surface area is 236 Å². The highest BCUT2D eigenvalue weighted by atomic mass is 16.5. The lowest BCUT2D eigenvalue weighted by Crippen LogP contribution is -2.52. The van der Waals surface area contributed by atoms with Crippen LogP contribution in [-0.2, 0) is 9.53 Å². The topological polar surface area (TPSA) is 85.1 Å². The van der Waals surface area contributed by atoms with Gasteiger partial charge in [0, 0.05) is 31.1 Å². The summed E-state index contributed by atoms with van der Waals surface area (Å²) in [6.45, 7) is 13.2. The molecular formula is C31H42N6O3. The van der Waals surface area contributed by atoms with Crippen LogP contribution in [-0.4, -0.2) is 74.9 Å². The Kier molecular flexibility index (Phi) is 7.42. The molecule has 0 unspecified atom stereocenters. The Morgan fingerprint density at radius 1 is 0.975 bits per heavy atom. The van der Waals surface area contributed by atoms with Crippen LogP contribution in [0.2, 0.25) is 0 Å². The minimum atomic E-state index is 0.103. The first kappa shape index (κ1) is 27.0. The molecule has 6 rings (SSSR count). The van der Waals surface area contributed by atoms with E-state index in [2.05, 4.69) is 63.0 Å². The summed E-state index contributed by atoms with van der Waals surface area (Å²) in [5.41, 5.74) is 4.42. The van der Waals surface area contributed by atoms with Crippen molar-refractivity contribution in [3.8, 4) is 5.75 Å². The van der Waals surface area contributed by atoms with E-state index < -0.39 is 0 Å². The highest BCUT2D eigenvalue weighted by Crippen LogP contribution is 2.38. The third-order valence-corrected chi connectivity index (χ3v) is 9.07. The molecule has 1 aromatic carbocycles. The lowest BCUT2D eigenvalue weighted by molar-refractivity contribution is -0.148. The van der Waals surface area contributed by atoms with E-state index in [1.165, 1.54) is 11.3 Å². The summed E-state index contributed by atoms with van der Waals surface area (Å²) in [4.78, 5) is 26.7. The van der Waals surface area contributed by atoms with Crippen molar-refractivity contribution < 1.29 is 14.3 Å². The molecule has 4 heterocycles. The third kappa shape index (κ3) is 5.28. The number of nitrogens with zero attached hydrogens (tertiary/aromatic N) is 6. The molecule has 0 radical (unpaired) electrons. The van der Waals surface area contributed by atoms with Crippen LogP contribution in [0.25, 0.3) is 5.78 Å². The average Bonchev–Trinajstić information content (AvgIpc) is 3.58. The number of morpholine rings is 1. The number of ether oxygens (including phenoxy) is 2. The Balaban J connectivity index is 1.04. The lowest BCUT2D eigenvalue weighted by Gasteiger charge is -2.40. The number of rotatable bonds is 5. The summed E-state index contributed by atoms with van der Waals surface area (Å²) < 4.78 is 14.0. The van der Waals surface area contributed by atoms with Gasteiger partial charge in [0.25, 0.3) is 5.78 Å². The molecule has 9 heteroatoms. The van der Waals surface area contributed by atoms with Crippen LogP contribution in [0.3, 0.4) is 0 Å². The number of aromatic nitrogens is 4. The minimum absolute atomic E-state index is 0.103. The summed E-state index contributed by atoms with van der Waals surface area (Å²) in [5, 5.41) is 4.47. The molecule has 0 bridgehead atoms. The third-order valence-electron chi connectivity index (χ3n) is 9.07. The van der Waals surface area contributed by atoms with Crippen molar-refractivity contribution in [3.05, 3.63) is 47.0 Å². The van der Waals surface area contributed by atoms with Crippen molar-refractivity contribution in [2.45, 2.75) is 90.9 Å². The molecule has 1 aliphatic carbocycles. The van der Waals surface area contributed by atoms with Crippen molar-refractivity contribution in [1.29, 1.82) is 0 Å². The second kappa shape index (κ2) is 11.0. The number of fused-ring (bicyclic) bond motifs is 1. The minimum Gasteiger partial charge on any atom is -0.485 e. The van der Waals surface area contributed by atoms with E-state index in [-0.39, 0.29) is 24.2 Å². The molecule has 2 aromatic heterocycles. The SMILES string of the molecule is Cc1nc2nc(C)c(O[C@@H]3CCN(c4ccc(C5CCC(C(=O)N6C[C@H](C)OC[C@H]6C)CC5)cc4)C3)c(C)n2n1. The van der Waals surface area contributed by atoms with Gasteiger partial charge in [-0.05, 0) is 83.9 Å². The van der Waals surface area contributed by atoms with Gasteiger partial charge in [-0.15, -0.1) is 5.10 Å². The maximum Gasteiger partial charge on any atom is 0.253 e. The van der Waals surface area contributed by atoms with Crippen LogP contribution in [0.1, 0.15) is 74.6 Å². The summed E-state index contributed by atoms with van der Waals surface area (Å²) in [6.07, 6.45) is 5.30. The van der Waals surface area contributed by atoms with Gasteiger partial charge in [-0.3, -0.25) is 4.79 Å². The van der Waals surface area contributed by atoms with Crippen LogP contribution in [0.5, 0.6) is 5.75 Å². The highest BCUT2D eigenvalue weighted by Gasteiger charge is 2.35. The number of carbonyl (C=O) groups excluding carboxylic acids is 1. The summed E-state index contributed by atoms with van der Waals surface area (Å²) in [5.74, 6) is 3.16. The Hall–Kier alpha value is -3.20. The fraction of sp³-hybridized carbons (Fsp3) is 0.613. The quantitative estimate of drug-likeness (QED) is 0.462. The molecule has 1 saturated carbocycles. The van der Waals surface area contributed by atoms with Crippen LogP contribution in [0.4, 0.5) is 5.69 Å². The molecule has 1 amide bonds. The van der Waals surface area contributed by atoms with Crippen LogP contribution >= 0.6 is 0 Å². The molecule has 2 aliphatic heterocycles. The number of hydrogen-bond donors (Lipinski definition) is 0. The normalized spacial score (nSPS) is 27.4. The molecule has 40 heavy (non-hydrogen) atoms. The Morgan fingerprint density at radius 2 is 1.73 bits per heavy atom. The van der Waals surface area contributed by atoms with E-state index in [4.69, 9.17) is 9.47 Å². The smallest absolute Gasteiger partial charge is 0.253 e. The standard InChI is InChI=1S/C31H42N6O3/c1-19-18-39-20(2)16-36(19)30(38)26-8-6-24(7-9-26)25-10-12-27(13-11-25)35-15-14-28(17-35)40-29-21(3)32-31-33-23(5)34-37(31)22(29)4/h10-13,19-20,24,26,28H,6-9,14-18H2,1-5H3/t19-,20+,24?,26?,28-/m1/s1. The number of carbonyl (C=O) groups is 1. The van der Waals surface area contributed by atoms with Gasteiger partial charge < -0.3 is 19.3 Å². The lowest BCUT2D eigenvalue weighted by atomic mass is 9.78. The maximum atomic E-state index is 13.2. The second-order valence-electron chi connectivity index (χ2n) is 12.1. The van der Waals surface area contributed by atoms with E-state index in [1.54, 1.807) is 4.52 Å². The van der Waals surface area contributed by atoms with Gasteiger partial charge in [0.05, 0.1) is 36.7 Å². The zero-order valence-electron chi connectivity index (χ0n) is 24.5. The monoisotopic (exact) mass is 546 g/mol. The van der Waals surface area contributed by atoms with Crippen LogP contribution in [0, 0.1) is 26.7 Å². The first-order valence-electron chi connectivity index (χ1n) is 14.9. The number of anilines is 1. The molecule has 0 spiro atoms. The van der Waals surface area contributed by atoms with E-state index in [1.807, 2.05) is 20.8 Å². The zero-order chi connectivity index (χ0) is 28.0. The van der Waals surface area contributed by atoms with Gasteiger partial charge in [0.15, 0.2) is 5.75 Å². The van der Waals surface area contributed by atoms with Crippen molar-refractivity contribution >= 4 is 17.4 Å². The van der Waals surface area contributed by atoms with Gasteiger partial charge in [0.2, 0.25) is 5.91 Å². The first-order chi connectivity index (χ1) is 19.3. The van der Waals surface area contributed by atoms with Crippen LogP contribution in [0.15, 0.2) is 24.3 Å². The number of aryl methyl sites for hydroxylation is 3. The van der Waals surface area contributed by atoms with E-state index in [9.17, 15) is 4.79 Å². The molecule has 9 nitrogen and oxygen atoms in total. The first-order valence-corrected chi connectivity index (χ1v) is 14.9. The van der Waals surface area contributed by atoms with Crippen molar-refractivity contribution in [3.63, 3.8) is 0 Å². The molecule has 3 fully saturated rings. The van der Waals surface area contributed by atoms with Gasteiger partial charge in [-0.1, -0.05) is 12.1 Å². The molecule has 0 N–H and O–H groups in total.